The van der Waals surface area contributed by atoms with Crippen molar-refractivity contribution in [3.05, 3.63) is 49.4 Å². The van der Waals surface area contributed by atoms with Crippen LogP contribution in [-0.4, -0.2) is 46.3 Å². The van der Waals surface area contributed by atoms with Crippen LogP contribution in [0.4, 0.5) is 0 Å². The lowest BCUT2D eigenvalue weighted by Gasteiger charge is -2.06. The Labute approximate surface area is 146 Å². The molecule has 5 N–H and O–H groups in total. The third kappa shape index (κ3) is 2.95. The number of carboxylic acid groups (broad SMARTS) is 1. The number of aromatic hydroxyl groups is 1. The molecule has 3 aromatic rings. The smallest absolute Gasteiger partial charge is 0.337 e. The largest absolute Gasteiger partial charge is 0.507 e. The van der Waals surface area contributed by atoms with Crippen molar-refractivity contribution in [2.24, 2.45) is 0 Å². The molecule has 9 nitrogen and oxygen atoms in total. The van der Waals surface area contributed by atoms with Crippen LogP contribution >= 0.6 is 0 Å². The topological polar surface area (TPSA) is 144 Å². The first kappa shape index (κ1) is 17.4. The summed E-state index contributed by atoms with van der Waals surface area (Å²) in [6.07, 6.45) is 1.49. The number of carboxylic acids is 1. The van der Waals surface area contributed by atoms with Crippen molar-refractivity contribution in [3.63, 3.8) is 0 Å². The second-order valence-electron chi connectivity index (χ2n) is 5.61. The molecule has 0 aliphatic rings. The van der Waals surface area contributed by atoms with E-state index in [0.29, 0.717) is 13.1 Å². The number of carbonyl (C=O) groups is 1. The lowest BCUT2D eigenvalue weighted by atomic mass is 10.1. The van der Waals surface area contributed by atoms with Crippen molar-refractivity contribution in [3.8, 4) is 5.75 Å². The van der Waals surface area contributed by atoms with Gasteiger partial charge in [0.05, 0.1) is 16.3 Å². The summed E-state index contributed by atoms with van der Waals surface area (Å²) in [4.78, 5) is 42.6. The molecular weight excluding hydrogens is 340 g/mol. The van der Waals surface area contributed by atoms with E-state index in [4.69, 9.17) is 0 Å². The fraction of sp³-hybridized carbons (Fsp3) is 0.176. The maximum Gasteiger partial charge on any atom is 0.337 e. The summed E-state index contributed by atoms with van der Waals surface area (Å²) in [5, 5.41) is 25.6. The highest BCUT2D eigenvalue weighted by Gasteiger charge is 2.16. The standard InChI is InChI=1S/C17H16N4O5/c1-18-4-5-19-7-9-11(23)6-12(24)16-14(9)21-15-10(22)3-2-8(17(25)26)13(15)20-16/h2-3,6-7,18-20,23H,4-5H2,1H3,(H,25,26). The first-order valence-corrected chi connectivity index (χ1v) is 7.78. The van der Waals surface area contributed by atoms with Crippen LogP contribution in [0.2, 0.25) is 0 Å². The molecule has 26 heavy (non-hydrogen) atoms. The molecule has 3 rings (SSSR count). The van der Waals surface area contributed by atoms with Crippen molar-refractivity contribution in [1.29, 1.82) is 0 Å². The number of nitrogens with zero attached hydrogens (tertiary/aromatic N) is 1. The van der Waals surface area contributed by atoms with E-state index in [1.54, 1.807) is 7.05 Å². The lowest BCUT2D eigenvalue weighted by molar-refractivity contribution is 0.0699. The highest BCUT2D eigenvalue weighted by molar-refractivity contribution is 6.02. The van der Waals surface area contributed by atoms with Gasteiger partial charge in [-0.1, -0.05) is 0 Å². The summed E-state index contributed by atoms with van der Waals surface area (Å²) in [6.45, 7) is 1.23. The first-order chi connectivity index (χ1) is 12.4. The Morgan fingerprint density at radius 1 is 1.19 bits per heavy atom. The number of hydrogen-bond acceptors (Lipinski definition) is 7. The molecule has 0 spiro atoms. The average Bonchev–Trinajstić information content (AvgIpc) is 2.60. The number of phenolic OH excluding ortho intramolecular Hbond substituents is 1. The molecule has 1 heterocycles. The van der Waals surface area contributed by atoms with Crippen LogP contribution in [0.25, 0.3) is 28.3 Å². The van der Waals surface area contributed by atoms with Crippen molar-refractivity contribution in [2.75, 3.05) is 20.1 Å². The van der Waals surface area contributed by atoms with Crippen LogP contribution in [0.5, 0.6) is 5.75 Å². The van der Waals surface area contributed by atoms with E-state index in [2.05, 4.69) is 20.6 Å². The number of hydrogen-bond donors (Lipinski definition) is 5. The summed E-state index contributed by atoms with van der Waals surface area (Å²) in [5.74, 6) is -1.54. The molecule has 0 saturated carbocycles. The van der Waals surface area contributed by atoms with Gasteiger partial charge in [-0.3, -0.25) is 9.59 Å². The van der Waals surface area contributed by atoms with Gasteiger partial charge >= 0.3 is 5.97 Å². The number of aromatic carboxylic acids is 1. The summed E-state index contributed by atoms with van der Waals surface area (Å²) in [6, 6.07) is 3.28. The molecule has 2 aromatic carbocycles. The third-order valence-electron chi connectivity index (χ3n) is 3.89. The Morgan fingerprint density at radius 3 is 2.65 bits per heavy atom. The average molecular weight is 356 g/mol. The monoisotopic (exact) mass is 356 g/mol. The minimum Gasteiger partial charge on any atom is -0.507 e. The Kier molecular flexibility index (Phi) is 4.55. The number of nitrogens with one attached hydrogen (secondary N) is 3. The van der Waals surface area contributed by atoms with Crippen molar-refractivity contribution in [2.45, 2.75) is 0 Å². The Balaban J connectivity index is 2.39. The minimum absolute atomic E-state index is 0.00469. The van der Waals surface area contributed by atoms with Gasteiger partial charge in [-0.15, -0.1) is 0 Å². The molecule has 9 heteroatoms. The summed E-state index contributed by atoms with van der Waals surface area (Å²) >= 11 is 0. The molecule has 0 amide bonds. The van der Waals surface area contributed by atoms with Gasteiger partial charge in [-0.25, -0.2) is 9.78 Å². The highest BCUT2D eigenvalue weighted by Crippen LogP contribution is 2.15. The van der Waals surface area contributed by atoms with E-state index in [-0.39, 0.29) is 38.6 Å². The lowest BCUT2D eigenvalue weighted by Crippen LogP contribution is -2.24. The minimum atomic E-state index is -1.25. The third-order valence-corrected chi connectivity index (χ3v) is 3.89. The molecule has 134 valence electrons. The molecular formula is C17H16N4O5. The summed E-state index contributed by atoms with van der Waals surface area (Å²) in [7, 11) is 1.79. The maximum absolute atomic E-state index is 12.2. The van der Waals surface area contributed by atoms with E-state index >= 15 is 0 Å². The van der Waals surface area contributed by atoms with Gasteiger partial charge in [0.15, 0.2) is 0 Å². The molecule has 0 saturated heterocycles. The normalized spacial score (nSPS) is 12.0. The Hall–Kier alpha value is -3.46. The fourth-order valence-corrected chi connectivity index (χ4v) is 2.62. The van der Waals surface area contributed by atoms with E-state index in [1.165, 1.54) is 6.20 Å². The number of fused-ring (bicyclic) bond motifs is 2. The van der Waals surface area contributed by atoms with Crippen molar-refractivity contribution in [1.82, 2.24) is 20.6 Å². The van der Waals surface area contributed by atoms with E-state index < -0.39 is 16.8 Å². The molecule has 0 unspecified atom stereocenters. The molecule has 1 aromatic heterocycles. The van der Waals surface area contributed by atoms with Crippen molar-refractivity contribution < 1.29 is 15.0 Å². The van der Waals surface area contributed by atoms with Gasteiger partial charge < -0.3 is 25.8 Å². The Morgan fingerprint density at radius 2 is 1.96 bits per heavy atom. The Bertz CT molecular complexity index is 1190. The van der Waals surface area contributed by atoms with Crippen LogP contribution in [0.15, 0.2) is 27.8 Å². The summed E-state index contributed by atoms with van der Waals surface area (Å²) in [5.41, 5.74) is -1.29. The van der Waals surface area contributed by atoms with E-state index in [1.807, 2.05) is 0 Å². The molecule has 0 aliphatic carbocycles. The number of benzene rings is 2. The van der Waals surface area contributed by atoms with Gasteiger partial charge in [0, 0.05) is 25.4 Å². The molecule has 0 fully saturated rings. The highest BCUT2D eigenvalue weighted by atomic mass is 16.4. The molecule has 0 bridgehead atoms. The summed E-state index contributed by atoms with van der Waals surface area (Å²) < 4.78 is 0. The van der Waals surface area contributed by atoms with Crippen LogP contribution in [-0.2, 0) is 0 Å². The zero-order valence-electron chi connectivity index (χ0n) is 13.8. The predicted octanol–water partition coefficient (Wildman–Crippen LogP) is -0.894. The number of likely N-dealkylation sites (N-methyl/N-ethyl adjacent to an activating group) is 1. The maximum atomic E-state index is 12.2. The van der Waals surface area contributed by atoms with Crippen LogP contribution in [0.3, 0.4) is 0 Å². The number of aromatic nitrogens is 2. The van der Waals surface area contributed by atoms with Gasteiger partial charge in [0.1, 0.15) is 22.3 Å². The molecule has 0 atom stereocenters. The quantitative estimate of drug-likeness (QED) is 0.292. The second-order valence-corrected chi connectivity index (χ2v) is 5.61. The SMILES string of the molecule is CNCCNC=c1c(O)cc(=O)c2[nH]c3c(C(=O)O)ccc(=O)c3nc12. The second kappa shape index (κ2) is 6.81. The zero-order valence-corrected chi connectivity index (χ0v) is 13.8. The van der Waals surface area contributed by atoms with Gasteiger partial charge in [-0.05, 0) is 19.2 Å². The van der Waals surface area contributed by atoms with Gasteiger partial charge in [0.25, 0.3) is 0 Å². The van der Waals surface area contributed by atoms with Crippen LogP contribution in [0.1, 0.15) is 10.4 Å². The van der Waals surface area contributed by atoms with E-state index in [9.17, 15) is 24.6 Å². The molecule has 0 radical (unpaired) electrons. The first-order valence-electron chi connectivity index (χ1n) is 7.78. The number of aromatic amines is 1. The number of phenols is 1. The van der Waals surface area contributed by atoms with Gasteiger partial charge in [0.2, 0.25) is 10.9 Å². The zero-order chi connectivity index (χ0) is 18.8. The van der Waals surface area contributed by atoms with Gasteiger partial charge in [-0.2, -0.15) is 0 Å². The molecule has 0 aliphatic heterocycles. The number of H-pyrrole nitrogens is 1. The fourth-order valence-electron chi connectivity index (χ4n) is 2.62. The van der Waals surface area contributed by atoms with E-state index in [0.717, 1.165) is 18.2 Å². The van der Waals surface area contributed by atoms with Crippen molar-refractivity contribution >= 4 is 34.2 Å². The predicted molar refractivity (Wildman–Crippen MR) is 96.4 cm³/mol. The van der Waals surface area contributed by atoms with Crippen LogP contribution in [0, 0.1) is 0 Å². The van der Waals surface area contributed by atoms with Crippen LogP contribution < -0.4 is 26.7 Å². The number of rotatable bonds is 5.